The molecule has 1 fully saturated rings. The standard InChI is InChI=1S/C20H19N3O3/c1-25-18-4-2-3-5-19(18)26-17-12-23(13-17)20(24)15-6-8-16(9-7-15)22-11-10-21-14-22/h2-11,14,17H,12-13H2,1H3. The number of imidazole rings is 1. The summed E-state index contributed by atoms with van der Waals surface area (Å²) in [7, 11) is 1.62. The molecular weight excluding hydrogens is 330 g/mol. The first-order chi connectivity index (χ1) is 12.7. The molecule has 1 aromatic heterocycles. The van der Waals surface area contributed by atoms with Gasteiger partial charge in [-0.05, 0) is 36.4 Å². The minimum atomic E-state index is -0.0135. The van der Waals surface area contributed by atoms with E-state index in [0.717, 1.165) is 5.69 Å². The van der Waals surface area contributed by atoms with Crippen LogP contribution in [0.3, 0.4) is 0 Å². The number of para-hydroxylation sites is 2. The van der Waals surface area contributed by atoms with E-state index in [0.29, 0.717) is 30.2 Å². The Labute approximate surface area is 151 Å². The average molecular weight is 349 g/mol. The fourth-order valence-corrected chi connectivity index (χ4v) is 2.94. The van der Waals surface area contributed by atoms with Crippen LogP contribution in [0, 0.1) is 0 Å². The number of nitrogens with zero attached hydrogens (tertiary/aromatic N) is 3. The highest BCUT2D eigenvalue weighted by Crippen LogP contribution is 2.29. The van der Waals surface area contributed by atoms with E-state index in [9.17, 15) is 4.79 Å². The van der Waals surface area contributed by atoms with E-state index in [1.807, 2.05) is 59.3 Å². The largest absolute Gasteiger partial charge is 0.493 e. The Bertz CT molecular complexity index is 885. The number of carbonyl (C=O) groups excluding carboxylic acids is 1. The first-order valence-corrected chi connectivity index (χ1v) is 8.42. The predicted molar refractivity (Wildman–Crippen MR) is 96.9 cm³/mol. The van der Waals surface area contributed by atoms with Crippen molar-refractivity contribution in [1.29, 1.82) is 0 Å². The lowest BCUT2D eigenvalue weighted by atomic mass is 10.1. The highest BCUT2D eigenvalue weighted by Gasteiger charge is 2.33. The second-order valence-electron chi connectivity index (χ2n) is 6.12. The Morgan fingerprint density at radius 3 is 2.46 bits per heavy atom. The Balaban J connectivity index is 1.36. The molecule has 0 bridgehead atoms. The van der Waals surface area contributed by atoms with Crippen molar-refractivity contribution >= 4 is 5.91 Å². The summed E-state index contributed by atoms with van der Waals surface area (Å²) in [6.07, 6.45) is 5.31. The van der Waals surface area contributed by atoms with Crippen LogP contribution < -0.4 is 9.47 Å². The second kappa shape index (κ2) is 6.92. The second-order valence-corrected chi connectivity index (χ2v) is 6.12. The molecule has 26 heavy (non-hydrogen) atoms. The van der Waals surface area contributed by atoms with Crippen molar-refractivity contribution in [3.63, 3.8) is 0 Å². The molecule has 1 saturated heterocycles. The van der Waals surface area contributed by atoms with Crippen LogP contribution in [-0.4, -0.2) is 46.7 Å². The highest BCUT2D eigenvalue weighted by molar-refractivity contribution is 5.95. The summed E-state index contributed by atoms with van der Waals surface area (Å²) in [6.45, 7) is 1.14. The van der Waals surface area contributed by atoms with Crippen molar-refractivity contribution in [1.82, 2.24) is 14.5 Å². The van der Waals surface area contributed by atoms with E-state index in [2.05, 4.69) is 4.98 Å². The molecule has 132 valence electrons. The van der Waals surface area contributed by atoms with Crippen LogP contribution >= 0.6 is 0 Å². The normalized spacial score (nSPS) is 14.0. The Kier molecular flexibility index (Phi) is 4.31. The first kappa shape index (κ1) is 16.2. The molecule has 3 aromatic rings. The van der Waals surface area contributed by atoms with Gasteiger partial charge in [-0.3, -0.25) is 4.79 Å². The van der Waals surface area contributed by atoms with Crippen LogP contribution in [0.15, 0.2) is 67.3 Å². The predicted octanol–water partition coefficient (Wildman–Crippen LogP) is 2.78. The molecule has 2 heterocycles. The van der Waals surface area contributed by atoms with Gasteiger partial charge >= 0.3 is 0 Å². The van der Waals surface area contributed by atoms with Gasteiger partial charge in [-0.2, -0.15) is 0 Å². The topological polar surface area (TPSA) is 56.6 Å². The summed E-state index contributed by atoms with van der Waals surface area (Å²) in [4.78, 5) is 18.4. The summed E-state index contributed by atoms with van der Waals surface area (Å²) in [5.74, 6) is 1.42. The number of hydrogen-bond acceptors (Lipinski definition) is 4. The van der Waals surface area contributed by atoms with E-state index in [-0.39, 0.29) is 12.0 Å². The maximum Gasteiger partial charge on any atom is 0.254 e. The van der Waals surface area contributed by atoms with E-state index in [1.165, 1.54) is 0 Å². The lowest BCUT2D eigenvalue weighted by Gasteiger charge is -2.39. The quantitative estimate of drug-likeness (QED) is 0.711. The molecule has 0 spiro atoms. The van der Waals surface area contributed by atoms with Gasteiger partial charge in [0.15, 0.2) is 11.5 Å². The minimum Gasteiger partial charge on any atom is -0.493 e. The number of rotatable bonds is 5. The van der Waals surface area contributed by atoms with E-state index in [4.69, 9.17) is 9.47 Å². The molecule has 6 heteroatoms. The fourth-order valence-electron chi connectivity index (χ4n) is 2.94. The zero-order chi connectivity index (χ0) is 17.9. The van der Waals surface area contributed by atoms with Gasteiger partial charge in [-0.25, -0.2) is 4.98 Å². The molecule has 0 radical (unpaired) electrons. The molecule has 1 aliphatic rings. The van der Waals surface area contributed by atoms with E-state index in [1.54, 1.807) is 24.5 Å². The monoisotopic (exact) mass is 349 g/mol. The number of hydrogen-bond donors (Lipinski definition) is 0. The Hall–Kier alpha value is -3.28. The van der Waals surface area contributed by atoms with Crippen molar-refractivity contribution in [2.75, 3.05) is 20.2 Å². The van der Waals surface area contributed by atoms with Gasteiger partial charge in [0.25, 0.3) is 5.91 Å². The van der Waals surface area contributed by atoms with Crippen molar-refractivity contribution in [3.8, 4) is 17.2 Å². The fraction of sp³-hybridized carbons (Fsp3) is 0.200. The molecule has 1 amide bonds. The van der Waals surface area contributed by atoms with Gasteiger partial charge in [-0.15, -0.1) is 0 Å². The van der Waals surface area contributed by atoms with Gasteiger partial charge in [0.05, 0.1) is 26.5 Å². The van der Waals surface area contributed by atoms with Gasteiger partial charge in [0.1, 0.15) is 6.10 Å². The van der Waals surface area contributed by atoms with Crippen LogP contribution in [0.5, 0.6) is 11.5 Å². The third-order valence-corrected chi connectivity index (χ3v) is 4.41. The van der Waals surface area contributed by atoms with Crippen LogP contribution in [0.2, 0.25) is 0 Å². The van der Waals surface area contributed by atoms with Crippen LogP contribution in [0.4, 0.5) is 0 Å². The SMILES string of the molecule is COc1ccccc1OC1CN(C(=O)c2ccc(-n3ccnc3)cc2)C1. The van der Waals surface area contributed by atoms with Gasteiger partial charge in [-0.1, -0.05) is 12.1 Å². The summed E-state index contributed by atoms with van der Waals surface area (Å²) in [6, 6.07) is 15.0. The smallest absolute Gasteiger partial charge is 0.254 e. The van der Waals surface area contributed by atoms with Crippen LogP contribution in [-0.2, 0) is 0 Å². The molecule has 2 aromatic carbocycles. The molecule has 0 aliphatic carbocycles. The van der Waals surface area contributed by atoms with Gasteiger partial charge in [0.2, 0.25) is 0 Å². The zero-order valence-corrected chi connectivity index (χ0v) is 14.4. The minimum absolute atomic E-state index is 0.0135. The van der Waals surface area contributed by atoms with Crippen molar-refractivity contribution in [2.45, 2.75) is 6.10 Å². The summed E-state index contributed by atoms with van der Waals surface area (Å²) < 4.78 is 13.1. The molecule has 0 atom stereocenters. The van der Waals surface area contributed by atoms with Crippen molar-refractivity contribution in [2.24, 2.45) is 0 Å². The van der Waals surface area contributed by atoms with E-state index < -0.39 is 0 Å². The molecular formula is C20H19N3O3. The highest BCUT2D eigenvalue weighted by atomic mass is 16.5. The number of likely N-dealkylation sites (tertiary alicyclic amines) is 1. The van der Waals surface area contributed by atoms with Crippen molar-refractivity contribution < 1.29 is 14.3 Å². The maximum atomic E-state index is 12.6. The number of aromatic nitrogens is 2. The lowest BCUT2D eigenvalue weighted by molar-refractivity contribution is 0.0169. The van der Waals surface area contributed by atoms with Gasteiger partial charge < -0.3 is 18.9 Å². The summed E-state index contributed by atoms with van der Waals surface area (Å²) in [5.41, 5.74) is 1.64. The van der Waals surface area contributed by atoms with Crippen molar-refractivity contribution in [3.05, 3.63) is 72.8 Å². The number of ether oxygens (including phenoxy) is 2. The Morgan fingerprint density at radius 1 is 1.08 bits per heavy atom. The van der Waals surface area contributed by atoms with Gasteiger partial charge in [0, 0.05) is 23.6 Å². The Morgan fingerprint density at radius 2 is 1.81 bits per heavy atom. The number of amides is 1. The molecule has 4 rings (SSSR count). The van der Waals surface area contributed by atoms with E-state index >= 15 is 0 Å². The first-order valence-electron chi connectivity index (χ1n) is 8.42. The summed E-state index contributed by atoms with van der Waals surface area (Å²) >= 11 is 0. The molecule has 0 N–H and O–H groups in total. The van der Waals surface area contributed by atoms with Crippen LogP contribution in [0.25, 0.3) is 5.69 Å². The summed E-state index contributed by atoms with van der Waals surface area (Å²) in [5, 5.41) is 0. The molecule has 0 unspecified atom stereocenters. The number of methoxy groups -OCH3 is 1. The lowest BCUT2D eigenvalue weighted by Crippen LogP contribution is -2.56. The zero-order valence-electron chi connectivity index (χ0n) is 14.4. The average Bonchev–Trinajstić information content (AvgIpc) is 3.19. The third-order valence-electron chi connectivity index (χ3n) is 4.41. The molecule has 1 aliphatic heterocycles. The number of benzene rings is 2. The molecule has 0 saturated carbocycles. The van der Waals surface area contributed by atoms with Crippen LogP contribution in [0.1, 0.15) is 10.4 Å². The maximum absolute atomic E-state index is 12.6. The third kappa shape index (κ3) is 3.13. The molecule has 6 nitrogen and oxygen atoms in total. The number of carbonyl (C=O) groups is 1.